The van der Waals surface area contributed by atoms with E-state index in [1.54, 1.807) is 0 Å². The van der Waals surface area contributed by atoms with Crippen LogP contribution < -0.4 is 5.06 Å². The number of rotatable bonds is 4. The van der Waals surface area contributed by atoms with Crippen molar-refractivity contribution in [3.8, 4) is 0 Å². The third-order valence-corrected chi connectivity index (χ3v) is 1.35. The largest absolute Gasteiger partial charge is 0.164 e. The molecule has 0 spiro atoms. The molecule has 0 rings (SSSR count). The van der Waals surface area contributed by atoms with Crippen molar-refractivity contribution < 1.29 is 4.84 Å². The minimum absolute atomic E-state index is 0.278. The van der Waals surface area contributed by atoms with Gasteiger partial charge in [-0.2, -0.15) is 0 Å². The lowest BCUT2D eigenvalue weighted by Gasteiger charge is -2.18. The lowest BCUT2D eigenvalue weighted by molar-refractivity contribution is -0.139. The summed E-state index contributed by atoms with van der Waals surface area (Å²) >= 11 is 0. The molecule has 0 saturated carbocycles. The molecule has 0 aromatic heterocycles. The van der Waals surface area contributed by atoms with Crippen molar-refractivity contribution in [1.29, 1.82) is 0 Å². The van der Waals surface area contributed by atoms with Crippen molar-refractivity contribution in [2.24, 2.45) is 0 Å². The average Bonchev–Trinajstić information content (AvgIpc) is 1.81. The van der Waals surface area contributed by atoms with Crippen LogP contribution in [-0.4, -0.2) is 18.2 Å². The van der Waals surface area contributed by atoms with Crippen LogP contribution in [0.25, 0.3) is 0 Å². The van der Waals surface area contributed by atoms with Crippen molar-refractivity contribution in [1.82, 2.24) is 5.06 Å². The van der Waals surface area contributed by atoms with Gasteiger partial charge in [0.2, 0.25) is 0 Å². The zero-order valence-corrected chi connectivity index (χ0v) is 8.59. The standard InChI is InChI=1S/C9H21NO/c1-7(2)10(8(3)4)11-9(5)6/h7-9H,1-6H3/q+1. The topological polar surface area (TPSA) is 15.1 Å². The number of nitrogens with zero attached hydrogens (tertiary/aromatic N) is 1. The molecule has 0 aliphatic rings. The van der Waals surface area contributed by atoms with Gasteiger partial charge in [0.15, 0.2) is 12.1 Å². The summed E-state index contributed by atoms with van der Waals surface area (Å²) in [6.45, 7) is 12.7. The summed E-state index contributed by atoms with van der Waals surface area (Å²) in [5.41, 5.74) is 0. The zero-order valence-electron chi connectivity index (χ0n) is 8.59. The lowest BCUT2D eigenvalue weighted by Crippen LogP contribution is -2.44. The first-order valence-electron chi connectivity index (χ1n) is 4.40. The third-order valence-electron chi connectivity index (χ3n) is 1.35. The highest BCUT2D eigenvalue weighted by Crippen LogP contribution is 2.04. The van der Waals surface area contributed by atoms with E-state index < -0.39 is 0 Å². The van der Waals surface area contributed by atoms with E-state index in [1.807, 2.05) is 5.06 Å². The van der Waals surface area contributed by atoms with Crippen molar-refractivity contribution in [2.75, 3.05) is 0 Å². The first-order valence-corrected chi connectivity index (χ1v) is 4.40. The molecule has 2 heteroatoms. The molecule has 0 heterocycles. The molecule has 1 radical (unpaired) electrons. The van der Waals surface area contributed by atoms with Crippen LogP contribution in [0, 0.1) is 0 Å². The van der Waals surface area contributed by atoms with Crippen LogP contribution in [0.15, 0.2) is 0 Å². The van der Waals surface area contributed by atoms with E-state index >= 15 is 0 Å². The van der Waals surface area contributed by atoms with Crippen LogP contribution in [0.2, 0.25) is 0 Å². The van der Waals surface area contributed by atoms with Crippen LogP contribution in [-0.2, 0) is 4.84 Å². The summed E-state index contributed by atoms with van der Waals surface area (Å²) < 4.78 is 0. The SMILES string of the molecule is CC(C)O[N+](C(C)C)C(C)C. The molecule has 0 N–H and O–H groups in total. The highest BCUT2D eigenvalue weighted by Gasteiger charge is 2.27. The van der Waals surface area contributed by atoms with E-state index in [-0.39, 0.29) is 6.10 Å². The van der Waals surface area contributed by atoms with E-state index in [0.29, 0.717) is 12.1 Å². The van der Waals surface area contributed by atoms with Crippen LogP contribution in [0.3, 0.4) is 0 Å². The molecule has 0 atom stereocenters. The third kappa shape index (κ3) is 4.38. The fraction of sp³-hybridized carbons (Fsp3) is 1.00. The molecular weight excluding hydrogens is 138 g/mol. The Balaban J connectivity index is 3.90. The molecule has 2 nitrogen and oxygen atoms in total. The second-order valence-electron chi connectivity index (χ2n) is 3.70. The van der Waals surface area contributed by atoms with Crippen LogP contribution in [0.5, 0.6) is 0 Å². The normalized spacial score (nSPS) is 12.5. The second kappa shape index (κ2) is 4.73. The van der Waals surface area contributed by atoms with E-state index in [9.17, 15) is 0 Å². The second-order valence-corrected chi connectivity index (χ2v) is 3.70. The Morgan fingerprint density at radius 3 is 1.27 bits per heavy atom. The minimum atomic E-state index is 0.278. The molecule has 0 amide bonds. The van der Waals surface area contributed by atoms with Gasteiger partial charge < -0.3 is 0 Å². The van der Waals surface area contributed by atoms with Gasteiger partial charge in [-0.05, 0) is 46.6 Å². The summed E-state index contributed by atoms with van der Waals surface area (Å²) in [6.07, 6.45) is 0.278. The molecule has 0 unspecified atom stereocenters. The Labute approximate surface area is 70.5 Å². The summed E-state index contributed by atoms with van der Waals surface area (Å²) in [4.78, 5) is 5.61. The average molecular weight is 159 g/mol. The molecule has 0 aromatic carbocycles. The van der Waals surface area contributed by atoms with Crippen LogP contribution in [0.4, 0.5) is 0 Å². The molecule has 0 saturated heterocycles. The van der Waals surface area contributed by atoms with Gasteiger partial charge in [0.1, 0.15) is 6.10 Å². The number of hydrogen-bond donors (Lipinski definition) is 0. The highest BCUT2D eigenvalue weighted by molar-refractivity contribution is 4.63. The van der Waals surface area contributed by atoms with Gasteiger partial charge >= 0.3 is 0 Å². The van der Waals surface area contributed by atoms with E-state index in [0.717, 1.165) is 0 Å². The summed E-state index contributed by atoms with van der Waals surface area (Å²) in [5, 5.41) is 2.03. The molecule has 0 aliphatic carbocycles. The lowest BCUT2D eigenvalue weighted by atomic mass is 10.3. The first-order chi connectivity index (χ1) is 4.95. The van der Waals surface area contributed by atoms with Gasteiger partial charge in [0.25, 0.3) is 0 Å². The van der Waals surface area contributed by atoms with Gasteiger partial charge in [-0.1, -0.05) is 0 Å². The number of hydrogen-bond acceptors (Lipinski definition) is 2. The molecule has 11 heavy (non-hydrogen) atoms. The maximum Gasteiger partial charge on any atom is 0.164 e. The van der Waals surface area contributed by atoms with E-state index in [1.165, 1.54) is 0 Å². The Kier molecular flexibility index (Phi) is 4.69. The Morgan fingerprint density at radius 1 is 0.818 bits per heavy atom. The predicted molar refractivity (Wildman–Crippen MR) is 48.6 cm³/mol. The van der Waals surface area contributed by atoms with Crippen molar-refractivity contribution in [2.45, 2.75) is 59.7 Å². The molecule has 0 fully saturated rings. The first kappa shape index (κ1) is 10.9. The Morgan fingerprint density at radius 2 is 1.18 bits per heavy atom. The van der Waals surface area contributed by atoms with Gasteiger partial charge in [0.05, 0.1) is 0 Å². The molecular formula is C9H21NO+. The van der Waals surface area contributed by atoms with Gasteiger partial charge in [0, 0.05) is 0 Å². The zero-order chi connectivity index (χ0) is 9.02. The van der Waals surface area contributed by atoms with Crippen molar-refractivity contribution >= 4 is 0 Å². The van der Waals surface area contributed by atoms with E-state index in [2.05, 4.69) is 41.5 Å². The van der Waals surface area contributed by atoms with Crippen molar-refractivity contribution in [3.63, 3.8) is 0 Å². The van der Waals surface area contributed by atoms with E-state index in [4.69, 9.17) is 4.84 Å². The van der Waals surface area contributed by atoms with Gasteiger partial charge in [-0.15, -0.1) is 4.84 Å². The minimum Gasteiger partial charge on any atom is -0.146 e. The quantitative estimate of drug-likeness (QED) is 0.454. The van der Waals surface area contributed by atoms with Crippen LogP contribution in [0.1, 0.15) is 41.5 Å². The summed E-state index contributed by atoms with van der Waals surface area (Å²) in [5.74, 6) is 0. The molecule has 0 aliphatic heterocycles. The predicted octanol–water partition coefficient (Wildman–Crippen LogP) is 2.28. The molecule has 0 aromatic rings. The fourth-order valence-corrected chi connectivity index (χ4v) is 1.08. The molecule has 0 bridgehead atoms. The fourth-order valence-electron chi connectivity index (χ4n) is 1.08. The van der Waals surface area contributed by atoms with Gasteiger partial charge in [-0.3, -0.25) is 0 Å². The van der Waals surface area contributed by atoms with Gasteiger partial charge in [-0.25, -0.2) is 0 Å². The summed E-state index contributed by atoms with van der Waals surface area (Å²) in [7, 11) is 0. The summed E-state index contributed by atoms with van der Waals surface area (Å²) in [6, 6.07) is 0.912. The monoisotopic (exact) mass is 159 g/mol. The highest BCUT2D eigenvalue weighted by atomic mass is 16.7. The number of hydroxylamine groups is 2. The molecule has 67 valence electrons. The maximum absolute atomic E-state index is 5.61. The smallest absolute Gasteiger partial charge is 0.146 e. The Bertz CT molecular complexity index is 91.7. The Hall–Kier alpha value is -0.0800. The van der Waals surface area contributed by atoms with Crippen molar-refractivity contribution in [3.05, 3.63) is 0 Å². The van der Waals surface area contributed by atoms with Crippen LogP contribution >= 0.6 is 0 Å². The maximum atomic E-state index is 5.61.